The molecule has 19 heavy (non-hydrogen) atoms. The summed E-state index contributed by atoms with van der Waals surface area (Å²) in [5.41, 5.74) is -0.00961. The molecule has 0 saturated carbocycles. The molecule has 1 aliphatic rings. The summed E-state index contributed by atoms with van der Waals surface area (Å²) < 4.78 is 0.620. The van der Waals surface area contributed by atoms with Gasteiger partial charge in [-0.05, 0) is 48.8 Å². The van der Waals surface area contributed by atoms with Gasteiger partial charge in [0.1, 0.15) is 12.0 Å². The van der Waals surface area contributed by atoms with Gasteiger partial charge in [-0.2, -0.15) is 0 Å². The van der Waals surface area contributed by atoms with Crippen LogP contribution in [0.15, 0.2) is 16.7 Å². The fourth-order valence-electron chi connectivity index (χ4n) is 2.27. The van der Waals surface area contributed by atoms with E-state index in [1.807, 2.05) is 0 Å². The highest BCUT2D eigenvalue weighted by atomic mass is 79.9. The van der Waals surface area contributed by atoms with Crippen molar-refractivity contribution in [2.75, 3.05) is 25.0 Å². The molecule has 1 aliphatic heterocycles. The minimum absolute atomic E-state index is 0.00961. The topological polar surface area (TPSA) is 71.3 Å². The molecular weight excluding hydrogens is 312 g/mol. The van der Waals surface area contributed by atoms with Gasteiger partial charge in [0.05, 0.1) is 9.40 Å². The number of rotatable bonds is 5. The van der Waals surface area contributed by atoms with E-state index in [2.05, 4.69) is 38.1 Å². The lowest BCUT2D eigenvalue weighted by molar-refractivity contribution is -0.385. The molecule has 0 amide bonds. The normalized spacial score (nSPS) is 17.4. The Hall–Kier alpha value is -1.21. The number of nitro groups is 1. The zero-order chi connectivity index (χ0) is 13.8. The van der Waals surface area contributed by atoms with E-state index in [1.165, 1.54) is 25.1 Å². The van der Waals surface area contributed by atoms with Gasteiger partial charge < -0.3 is 10.2 Å². The number of hydrogen-bond acceptors (Lipinski definition) is 5. The minimum Gasteiger partial charge on any atom is -0.365 e. The van der Waals surface area contributed by atoms with Crippen LogP contribution in [-0.4, -0.2) is 40.5 Å². The van der Waals surface area contributed by atoms with Crippen LogP contribution in [-0.2, 0) is 0 Å². The third-order valence-corrected chi connectivity index (χ3v) is 3.76. The van der Waals surface area contributed by atoms with Gasteiger partial charge in [0, 0.05) is 18.7 Å². The maximum Gasteiger partial charge on any atom is 0.288 e. The molecule has 1 aromatic heterocycles. The van der Waals surface area contributed by atoms with Crippen LogP contribution in [0.4, 0.5) is 11.5 Å². The van der Waals surface area contributed by atoms with Gasteiger partial charge in [-0.25, -0.2) is 4.98 Å². The number of aromatic nitrogens is 1. The van der Waals surface area contributed by atoms with Crippen molar-refractivity contribution in [3.05, 3.63) is 26.9 Å². The Morgan fingerprint density at radius 3 is 2.84 bits per heavy atom. The van der Waals surface area contributed by atoms with Crippen LogP contribution in [0.2, 0.25) is 0 Å². The lowest BCUT2D eigenvalue weighted by Crippen LogP contribution is -2.33. The highest BCUT2D eigenvalue weighted by Gasteiger charge is 2.16. The number of nitrogens with zero attached hydrogens (tertiary/aromatic N) is 3. The van der Waals surface area contributed by atoms with E-state index >= 15 is 0 Å². The Kier molecular flexibility index (Phi) is 4.71. The van der Waals surface area contributed by atoms with Gasteiger partial charge >= 0.3 is 0 Å². The van der Waals surface area contributed by atoms with Crippen molar-refractivity contribution in [1.82, 2.24) is 9.88 Å². The lowest BCUT2D eigenvalue weighted by atomic mass is 10.3. The second kappa shape index (κ2) is 6.29. The second-order valence-corrected chi connectivity index (χ2v) is 5.69. The monoisotopic (exact) mass is 328 g/mol. The fourth-order valence-corrected chi connectivity index (χ4v) is 2.72. The maximum atomic E-state index is 10.6. The average molecular weight is 329 g/mol. The van der Waals surface area contributed by atoms with Crippen LogP contribution in [0.5, 0.6) is 0 Å². The molecule has 1 saturated heterocycles. The summed E-state index contributed by atoms with van der Waals surface area (Å²) in [5.74, 6) is 0.650. The summed E-state index contributed by atoms with van der Waals surface area (Å²) in [4.78, 5) is 16.7. The van der Waals surface area contributed by atoms with Crippen molar-refractivity contribution in [2.45, 2.75) is 25.8 Å². The second-order valence-electron chi connectivity index (χ2n) is 4.83. The molecule has 1 atom stereocenters. The van der Waals surface area contributed by atoms with E-state index in [1.54, 1.807) is 0 Å². The van der Waals surface area contributed by atoms with Crippen molar-refractivity contribution < 1.29 is 4.92 Å². The summed E-state index contributed by atoms with van der Waals surface area (Å²) in [6.07, 6.45) is 3.81. The highest BCUT2D eigenvalue weighted by Crippen LogP contribution is 2.25. The molecule has 1 N–H and O–H groups in total. The number of pyridine rings is 1. The van der Waals surface area contributed by atoms with Gasteiger partial charge in [-0.1, -0.05) is 0 Å². The first-order valence-corrected chi connectivity index (χ1v) is 7.14. The van der Waals surface area contributed by atoms with Crippen LogP contribution in [0.3, 0.4) is 0 Å². The summed E-state index contributed by atoms with van der Waals surface area (Å²) in [6.45, 7) is 5.36. The number of halogens is 1. The number of hydrogen-bond donors (Lipinski definition) is 1. The molecule has 0 radical (unpaired) electrons. The van der Waals surface area contributed by atoms with Crippen molar-refractivity contribution in [3.8, 4) is 0 Å². The van der Waals surface area contributed by atoms with E-state index in [9.17, 15) is 10.1 Å². The highest BCUT2D eigenvalue weighted by molar-refractivity contribution is 9.10. The van der Waals surface area contributed by atoms with Gasteiger partial charge in [-0.3, -0.25) is 10.1 Å². The molecular formula is C12H17BrN4O2. The summed E-state index contributed by atoms with van der Waals surface area (Å²) >= 11 is 3.31. The smallest absolute Gasteiger partial charge is 0.288 e. The van der Waals surface area contributed by atoms with E-state index < -0.39 is 4.92 Å². The number of nitrogens with one attached hydrogen (secondary N) is 1. The third kappa shape index (κ3) is 3.87. The third-order valence-electron chi connectivity index (χ3n) is 3.15. The molecule has 1 aromatic rings. The van der Waals surface area contributed by atoms with E-state index in [4.69, 9.17) is 0 Å². The Balaban J connectivity index is 1.96. The lowest BCUT2D eigenvalue weighted by Gasteiger charge is -2.21. The van der Waals surface area contributed by atoms with Crippen LogP contribution >= 0.6 is 15.9 Å². The molecule has 7 heteroatoms. The Bertz CT molecular complexity index is 463. The Labute approximate surface area is 120 Å². The van der Waals surface area contributed by atoms with Gasteiger partial charge in [0.15, 0.2) is 0 Å². The largest absolute Gasteiger partial charge is 0.365 e. The van der Waals surface area contributed by atoms with Crippen molar-refractivity contribution >= 4 is 27.4 Å². The molecule has 0 aromatic carbocycles. The number of likely N-dealkylation sites (tertiary alicyclic amines) is 1. The van der Waals surface area contributed by atoms with Gasteiger partial charge in [-0.15, -0.1) is 0 Å². The first-order valence-electron chi connectivity index (χ1n) is 6.35. The summed E-state index contributed by atoms with van der Waals surface area (Å²) in [6, 6.07) is 1.72. The molecule has 0 bridgehead atoms. The van der Waals surface area contributed by atoms with Crippen LogP contribution in [0.25, 0.3) is 0 Å². The zero-order valence-electron chi connectivity index (χ0n) is 10.8. The van der Waals surface area contributed by atoms with E-state index in [-0.39, 0.29) is 11.7 Å². The standard InChI is InChI=1S/C12H17BrN4O2/c1-9(8-16-4-2-3-5-16)15-12-11(13)6-10(7-14-12)17(18)19/h6-7,9H,2-5,8H2,1H3,(H,14,15). The fraction of sp³-hybridized carbons (Fsp3) is 0.583. The molecule has 104 valence electrons. The first-order chi connectivity index (χ1) is 9.06. The molecule has 1 fully saturated rings. The van der Waals surface area contributed by atoms with E-state index in [0.29, 0.717) is 10.3 Å². The summed E-state index contributed by atoms with van der Waals surface area (Å²) in [7, 11) is 0. The van der Waals surface area contributed by atoms with Crippen molar-refractivity contribution in [2.24, 2.45) is 0 Å². The first kappa shape index (κ1) is 14.2. The Morgan fingerprint density at radius 2 is 2.26 bits per heavy atom. The van der Waals surface area contributed by atoms with Crippen molar-refractivity contribution in [3.63, 3.8) is 0 Å². The zero-order valence-corrected chi connectivity index (χ0v) is 12.4. The SMILES string of the molecule is CC(CN1CCCC1)Nc1ncc([N+](=O)[O-])cc1Br. The summed E-state index contributed by atoms with van der Waals surface area (Å²) in [5, 5.41) is 13.9. The van der Waals surface area contributed by atoms with Crippen LogP contribution in [0, 0.1) is 10.1 Å². The molecule has 2 rings (SSSR count). The maximum absolute atomic E-state index is 10.6. The van der Waals surface area contributed by atoms with Crippen molar-refractivity contribution in [1.29, 1.82) is 0 Å². The number of anilines is 1. The van der Waals surface area contributed by atoms with Gasteiger partial charge in [0.2, 0.25) is 0 Å². The molecule has 1 unspecified atom stereocenters. The van der Waals surface area contributed by atoms with E-state index in [0.717, 1.165) is 19.6 Å². The molecule has 6 nitrogen and oxygen atoms in total. The quantitative estimate of drug-likeness (QED) is 0.664. The average Bonchev–Trinajstić information content (AvgIpc) is 2.84. The van der Waals surface area contributed by atoms with Crippen LogP contribution < -0.4 is 5.32 Å². The minimum atomic E-state index is -0.449. The van der Waals surface area contributed by atoms with Crippen LogP contribution in [0.1, 0.15) is 19.8 Å². The Morgan fingerprint density at radius 1 is 1.58 bits per heavy atom. The molecule has 2 heterocycles. The molecule has 0 aliphatic carbocycles. The molecule has 0 spiro atoms. The predicted octanol–water partition coefficient (Wildman–Crippen LogP) is 2.65. The predicted molar refractivity (Wildman–Crippen MR) is 77.4 cm³/mol. The van der Waals surface area contributed by atoms with Gasteiger partial charge in [0.25, 0.3) is 5.69 Å².